The molecule has 2 aromatic rings. The zero-order valence-corrected chi connectivity index (χ0v) is 11.3. The van der Waals surface area contributed by atoms with E-state index in [-0.39, 0.29) is 11.9 Å². The van der Waals surface area contributed by atoms with Gasteiger partial charge in [-0.2, -0.15) is 0 Å². The van der Waals surface area contributed by atoms with E-state index in [1.165, 1.54) is 0 Å². The van der Waals surface area contributed by atoms with E-state index in [1.807, 2.05) is 24.3 Å². The summed E-state index contributed by atoms with van der Waals surface area (Å²) in [4.78, 5) is 0. The minimum Gasteiger partial charge on any atom is -0.450 e. The van der Waals surface area contributed by atoms with Gasteiger partial charge in [-0.25, -0.2) is 0 Å². The Bertz CT molecular complexity index is 572. The molecule has 0 bridgehead atoms. The zero-order valence-electron chi connectivity index (χ0n) is 11.3. The molecule has 1 aliphatic rings. The van der Waals surface area contributed by atoms with Crippen molar-refractivity contribution in [2.75, 3.05) is 25.4 Å². The van der Waals surface area contributed by atoms with Gasteiger partial charge in [0.25, 0.3) is 0 Å². The van der Waals surface area contributed by atoms with Gasteiger partial charge in [-0.1, -0.05) is 17.3 Å². The summed E-state index contributed by atoms with van der Waals surface area (Å²) in [6.45, 7) is 4.17. The van der Waals surface area contributed by atoms with Gasteiger partial charge in [-0.15, -0.1) is 0 Å². The second-order valence-electron chi connectivity index (χ2n) is 4.69. The number of hydrogen-bond acceptors (Lipinski definition) is 6. The van der Waals surface area contributed by atoms with Gasteiger partial charge in [-0.3, -0.25) is 0 Å². The average Bonchev–Trinajstić information content (AvgIpc) is 2.80. The van der Waals surface area contributed by atoms with E-state index in [1.54, 1.807) is 6.92 Å². The van der Waals surface area contributed by atoms with Crippen molar-refractivity contribution in [1.82, 2.24) is 10.5 Å². The molecule has 6 nitrogen and oxygen atoms in total. The normalized spacial score (nSPS) is 18.9. The lowest BCUT2D eigenvalue weighted by atomic mass is 10.1. The minimum absolute atomic E-state index is 0.0493. The Kier molecular flexibility index (Phi) is 3.58. The van der Waals surface area contributed by atoms with Gasteiger partial charge in [0.15, 0.2) is 5.76 Å². The van der Waals surface area contributed by atoms with Gasteiger partial charge in [0.05, 0.1) is 12.7 Å². The number of rotatable bonds is 3. The summed E-state index contributed by atoms with van der Waals surface area (Å²) in [7, 11) is 0. The Morgan fingerprint density at radius 2 is 2.35 bits per heavy atom. The summed E-state index contributed by atoms with van der Waals surface area (Å²) in [5.41, 5.74) is 6.78. The molecule has 0 aliphatic carbocycles. The van der Waals surface area contributed by atoms with Gasteiger partial charge in [0, 0.05) is 20.0 Å². The number of nitrogens with zero attached hydrogens (tertiary/aromatic N) is 1. The Labute approximate surface area is 116 Å². The molecule has 6 heteroatoms. The second-order valence-corrected chi connectivity index (χ2v) is 4.69. The Morgan fingerprint density at radius 3 is 3.05 bits per heavy atom. The molecule has 1 atom stereocenters. The number of nitrogens with two attached hydrogens (primary N) is 1. The first kappa shape index (κ1) is 13.0. The molecule has 0 spiro atoms. The number of aryl methyl sites for hydroxylation is 1. The lowest BCUT2D eigenvalue weighted by Gasteiger charge is -2.24. The minimum atomic E-state index is 0.0493. The molecular weight excluding hydrogens is 258 g/mol. The fourth-order valence-corrected chi connectivity index (χ4v) is 2.18. The number of hydrogen-bond donors (Lipinski definition) is 2. The van der Waals surface area contributed by atoms with E-state index in [0.29, 0.717) is 23.9 Å². The number of nitrogens with one attached hydrogen (secondary N) is 1. The summed E-state index contributed by atoms with van der Waals surface area (Å²) in [5.74, 6) is 1.96. The molecule has 0 saturated carbocycles. The Morgan fingerprint density at radius 1 is 1.45 bits per heavy atom. The maximum atomic E-state index is 5.75. The van der Waals surface area contributed by atoms with Crippen LogP contribution >= 0.6 is 0 Å². The maximum absolute atomic E-state index is 5.75. The van der Waals surface area contributed by atoms with Crippen LogP contribution in [0.5, 0.6) is 11.5 Å². The predicted molar refractivity (Wildman–Crippen MR) is 73.7 cm³/mol. The summed E-state index contributed by atoms with van der Waals surface area (Å²) >= 11 is 0. The van der Waals surface area contributed by atoms with E-state index < -0.39 is 0 Å². The van der Waals surface area contributed by atoms with Gasteiger partial charge in [0.1, 0.15) is 5.75 Å². The number of nitrogen functional groups attached to an aromatic ring is 1. The van der Waals surface area contributed by atoms with Crippen molar-refractivity contribution in [2.45, 2.75) is 13.0 Å². The first-order valence-electron chi connectivity index (χ1n) is 6.56. The van der Waals surface area contributed by atoms with Crippen LogP contribution in [0.3, 0.4) is 0 Å². The Balaban J connectivity index is 1.80. The monoisotopic (exact) mass is 275 g/mol. The van der Waals surface area contributed by atoms with E-state index in [9.17, 15) is 0 Å². The lowest BCUT2D eigenvalue weighted by molar-refractivity contribution is 0.0276. The molecule has 3 rings (SSSR count). The highest BCUT2D eigenvalue weighted by atomic mass is 16.5. The van der Waals surface area contributed by atoms with E-state index in [2.05, 4.69) is 10.5 Å². The molecule has 2 heterocycles. The fraction of sp³-hybridized carbons (Fsp3) is 0.357. The topological polar surface area (TPSA) is 82.5 Å². The molecule has 20 heavy (non-hydrogen) atoms. The average molecular weight is 275 g/mol. The van der Waals surface area contributed by atoms with E-state index >= 15 is 0 Å². The number of aromatic nitrogens is 1. The summed E-state index contributed by atoms with van der Waals surface area (Å²) in [6.07, 6.45) is 0.0493. The first-order valence-corrected chi connectivity index (χ1v) is 6.56. The van der Waals surface area contributed by atoms with Crippen molar-refractivity contribution in [3.8, 4) is 11.5 Å². The van der Waals surface area contributed by atoms with Gasteiger partial charge in [-0.05, 0) is 17.7 Å². The van der Waals surface area contributed by atoms with Crippen molar-refractivity contribution in [3.05, 3.63) is 35.6 Å². The third kappa shape index (κ3) is 2.61. The number of anilines is 1. The Hall–Kier alpha value is -2.05. The van der Waals surface area contributed by atoms with Gasteiger partial charge < -0.3 is 25.0 Å². The van der Waals surface area contributed by atoms with Crippen LogP contribution in [0.25, 0.3) is 0 Å². The molecule has 0 unspecified atom stereocenters. The number of ether oxygens (including phenoxy) is 2. The van der Waals surface area contributed by atoms with Gasteiger partial charge in [0.2, 0.25) is 11.6 Å². The van der Waals surface area contributed by atoms with Crippen molar-refractivity contribution in [2.24, 2.45) is 0 Å². The smallest absolute Gasteiger partial charge is 0.213 e. The molecule has 3 N–H and O–H groups in total. The summed E-state index contributed by atoms with van der Waals surface area (Å²) < 4.78 is 16.5. The molecule has 0 radical (unpaired) electrons. The van der Waals surface area contributed by atoms with Crippen molar-refractivity contribution in [3.63, 3.8) is 0 Å². The largest absolute Gasteiger partial charge is 0.450 e. The highest BCUT2D eigenvalue weighted by Crippen LogP contribution is 2.32. The van der Waals surface area contributed by atoms with Crippen molar-refractivity contribution in [1.29, 1.82) is 0 Å². The van der Waals surface area contributed by atoms with Crippen LogP contribution in [0.15, 0.2) is 28.8 Å². The van der Waals surface area contributed by atoms with Gasteiger partial charge >= 0.3 is 0 Å². The third-order valence-electron chi connectivity index (χ3n) is 3.21. The van der Waals surface area contributed by atoms with E-state index in [4.69, 9.17) is 19.7 Å². The third-order valence-corrected chi connectivity index (χ3v) is 3.21. The van der Waals surface area contributed by atoms with Crippen molar-refractivity contribution < 1.29 is 14.0 Å². The summed E-state index contributed by atoms with van der Waals surface area (Å²) in [6, 6.07) is 7.77. The van der Waals surface area contributed by atoms with E-state index in [0.717, 1.165) is 18.7 Å². The van der Waals surface area contributed by atoms with Crippen LogP contribution in [0.1, 0.15) is 17.4 Å². The molecular formula is C14H17N3O3. The quantitative estimate of drug-likeness (QED) is 0.891. The molecule has 1 aliphatic heterocycles. The molecule has 1 fully saturated rings. The molecule has 1 aromatic carbocycles. The van der Waals surface area contributed by atoms with Crippen LogP contribution in [0.4, 0.5) is 5.82 Å². The predicted octanol–water partition coefficient (Wildman–Crippen LogP) is 2.02. The molecule has 0 amide bonds. The number of benzene rings is 1. The molecule has 1 saturated heterocycles. The van der Waals surface area contributed by atoms with Crippen LogP contribution < -0.4 is 15.8 Å². The van der Waals surface area contributed by atoms with Crippen LogP contribution in [0, 0.1) is 6.92 Å². The lowest BCUT2D eigenvalue weighted by Crippen LogP contribution is -2.33. The first-order chi connectivity index (χ1) is 9.74. The van der Waals surface area contributed by atoms with Crippen LogP contribution in [-0.2, 0) is 4.74 Å². The highest BCUT2D eigenvalue weighted by molar-refractivity contribution is 5.49. The van der Waals surface area contributed by atoms with Crippen molar-refractivity contribution >= 4 is 5.82 Å². The number of morpholine rings is 1. The van der Waals surface area contributed by atoms with Crippen LogP contribution in [-0.4, -0.2) is 24.9 Å². The maximum Gasteiger partial charge on any atom is 0.213 e. The highest BCUT2D eigenvalue weighted by Gasteiger charge is 2.17. The molecule has 1 aromatic heterocycles. The fourth-order valence-electron chi connectivity index (χ4n) is 2.18. The SMILES string of the molecule is Cc1onc(N)c1Oc1cccc([C@@H]2CNCCO2)c1. The molecule has 106 valence electrons. The summed E-state index contributed by atoms with van der Waals surface area (Å²) in [5, 5.41) is 6.97. The second kappa shape index (κ2) is 5.52. The zero-order chi connectivity index (χ0) is 13.9. The standard InChI is InChI=1S/C14H17N3O3/c1-9-13(14(15)17-20-9)19-11-4-2-3-10(7-11)12-8-16-5-6-18-12/h2-4,7,12,16H,5-6,8H2,1H3,(H2,15,17)/t12-/m0/s1. The van der Waals surface area contributed by atoms with Crippen LogP contribution in [0.2, 0.25) is 0 Å².